The monoisotopic (exact) mass is 1260 g/mol. The van der Waals surface area contributed by atoms with Crippen LogP contribution in [0.1, 0.15) is 115 Å². The zero-order valence-corrected chi connectivity index (χ0v) is 53.5. The number of aromatic nitrogens is 5. The van der Waals surface area contributed by atoms with E-state index in [-0.39, 0.29) is 49.6 Å². The molecule has 2 unspecified atom stereocenters. The van der Waals surface area contributed by atoms with Crippen LogP contribution in [0, 0.1) is 11.8 Å². The molecule has 4 aliphatic heterocycles. The van der Waals surface area contributed by atoms with Gasteiger partial charge in [0.05, 0.1) is 50.8 Å². The highest BCUT2D eigenvalue weighted by molar-refractivity contribution is 6.01. The molecule has 4 aliphatic rings. The number of carbonyl (C=O) groups is 4. The molecular weight excluding hydrogens is 1180 g/mol. The second kappa shape index (κ2) is 29.0. The largest absolute Gasteiger partial charge is 0.508 e. The number of amides is 2. The highest BCUT2D eigenvalue weighted by atomic mass is 16.7. The van der Waals surface area contributed by atoms with E-state index >= 15 is 0 Å². The van der Waals surface area contributed by atoms with Gasteiger partial charge >= 0.3 is 23.9 Å². The summed E-state index contributed by atoms with van der Waals surface area (Å²) in [6, 6.07) is 23.9. The van der Waals surface area contributed by atoms with Crippen molar-refractivity contribution >= 4 is 35.5 Å². The number of nitrogens with one attached hydrogen (secondary N) is 2. The highest BCUT2D eigenvalue weighted by Gasteiger charge is 2.54. The summed E-state index contributed by atoms with van der Waals surface area (Å²) in [6.45, 7) is 11.0. The lowest BCUT2D eigenvalue weighted by atomic mass is 9.77. The third-order valence-electron chi connectivity index (χ3n) is 16.3. The summed E-state index contributed by atoms with van der Waals surface area (Å²) in [6.07, 6.45) is 2.43. The molecule has 10 rings (SSSR count). The van der Waals surface area contributed by atoms with Crippen molar-refractivity contribution in [2.45, 2.75) is 109 Å². The molecule has 2 amide bonds. The number of piperidine rings is 1. The van der Waals surface area contributed by atoms with Crippen LogP contribution in [0.3, 0.4) is 0 Å². The van der Waals surface area contributed by atoms with E-state index < -0.39 is 58.9 Å². The van der Waals surface area contributed by atoms with Gasteiger partial charge in [-0.1, -0.05) is 48.2 Å². The van der Waals surface area contributed by atoms with Gasteiger partial charge in [-0.15, -0.1) is 5.10 Å². The molecule has 4 aromatic carbocycles. The Labute approximate surface area is 533 Å². The van der Waals surface area contributed by atoms with E-state index in [2.05, 4.69) is 37.4 Å². The minimum atomic E-state index is -1.43. The second-order valence-corrected chi connectivity index (χ2v) is 24.3. The summed E-state index contributed by atoms with van der Waals surface area (Å²) in [5.41, 5.74) is 2.75. The number of rotatable bonds is 23. The van der Waals surface area contributed by atoms with Crippen LogP contribution < -0.4 is 31.1 Å². The third-order valence-corrected chi connectivity index (χ3v) is 16.3. The number of aromatic amines is 1. The Morgan fingerprint density at radius 1 is 0.848 bits per heavy atom. The minimum Gasteiger partial charge on any atom is -0.456 e. The molecule has 25 heteroatoms. The molecule has 6 aromatic rings. The number of likely N-dealkylation sites (tertiary alicyclic amines) is 1. The summed E-state index contributed by atoms with van der Waals surface area (Å²) in [4.78, 5) is 91.3. The van der Waals surface area contributed by atoms with E-state index in [9.17, 15) is 28.8 Å². The lowest BCUT2D eigenvalue weighted by Crippen LogP contribution is -2.51. The van der Waals surface area contributed by atoms with Crippen molar-refractivity contribution in [3.63, 3.8) is 0 Å². The Kier molecular flexibility index (Phi) is 20.8. The molecule has 0 aliphatic carbocycles. The van der Waals surface area contributed by atoms with E-state index in [1.165, 1.54) is 16.8 Å². The van der Waals surface area contributed by atoms with Crippen molar-refractivity contribution in [1.82, 2.24) is 39.7 Å². The maximum Gasteiger partial charge on any atom is 0.508 e. The standard InChI is InChI=1S/C67H80N10O15/c1-10-55-58(90-65(83)87-29-28-74(40-49-15-11-12-27-76(49)64(82)92-66(2,3)4)38-43-16-18-44(19-17-43)54-41-75(71-70-54)42-86-33-32-85-31-30-84-9)37-59(89-55)77-39-46(61(79)69-63(77)81)14-13-26-68-60(78)45-20-23-50-53(34-45)67(91-62(50)80)51-24-21-47(72(5)6)35-56(51)88-57-36-48(73(7)8)22-25-52(57)67/h16-25,34-36,39,41,49,55,58-59H,10-12,15,26-33,37-38,40,42H2,1-9H3,(H,68,78)(H,69,79,81)/t49?,55-,58?,59-/m1/s1. The van der Waals surface area contributed by atoms with Crippen LogP contribution in [0.25, 0.3) is 11.3 Å². The third kappa shape index (κ3) is 15.3. The van der Waals surface area contributed by atoms with E-state index in [0.29, 0.717) is 98.5 Å². The number of carbonyl (C=O) groups excluding carboxylic acids is 4. The lowest BCUT2D eigenvalue weighted by molar-refractivity contribution is -0.0386. The van der Waals surface area contributed by atoms with Crippen LogP contribution in [0.5, 0.6) is 11.5 Å². The fourth-order valence-electron chi connectivity index (χ4n) is 11.7. The number of hydrogen-bond acceptors (Lipinski definition) is 20. The van der Waals surface area contributed by atoms with Gasteiger partial charge in [0.15, 0.2) is 5.60 Å². The number of benzene rings is 4. The fraction of sp³-hybridized carbons (Fsp3) is 0.463. The van der Waals surface area contributed by atoms with Crippen molar-refractivity contribution in [2.75, 3.05) is 104 Å². The van der Waals surface area contributed by atoms with Crippen molar-refractivity contribution in [1.29, 1.82) is 0 Å². The normalized spacial score (nSPS) is 17.8. The molecule has 6 heterocycles. The molecule has 0 bridgehead atoms. The van der Waals surface area contributed by atoms with Gasteiger partial charge < -0.3 is 62.6 Å². The number of esters is 1. The quantitative estimate of drug-likeness (QED) is 0.0273. The first kappa shape index (κ1) is 65.9. The molecule has 92 heavy (non-hydrogen) atoms. The number of ether oxygens (including phenoxy) is 9. The number of anilines is 2. The predicted octanol–water partition coefficient (Wildman–Crippen LogP) is 7.42. The summed E-state index contributed by atoms with van der Waals surface area (Å²) in [5.74, 6) is 5.53. The first-order chi connectivity index (χ1) is 44.2. The van der Waals surface area contributed by atoms with Crippen molar-refractivity contribution in [3.05, 3.63) is 151 Å². The zero-order valence-electron chi connectivity index (χ0n) is 53.5. The minimum absolute atomic E-state index is 0.0453. The molecule has 2 saturated heterocycles. The second-order valence-electron chi connectivity index (χ2n) is 24.3. The van der Waals surface area contributed by atoms with Gasteiger partial charge in [0.2, 0.25) is 0 Å². The van der Waals surface area contributed by atoms with Gasteiger partial charge in [-0.05, 0) is 94.5 Å². The van der Waals surface area contributed by atoms with Crippen LogP contribution in [0.2, 0.25) is 0 Å². The number of fused-ring (bicyclic) bond motifs is 6. The smallest absolute Gasteiger partial charge is 0.456 e. The summed E-state index contributed by atoms with van der Waals surface area (Å²) in [5, 5.41) is 11.3. The van der Waals surface area contributed by atoms with Crippen LogP contribution in [0.4, 0.5) is 21.0 Å². The number of nitrogens with zero attached hydrogens (tertiary/aromatic N) is 8. The van der Waals surface area contributed by atoms with E-state index in [4.69, 9.17) is 42.6 Å². The molecule has 0 saturated carbocycles. The van der Waals surface area contributed by atoms with Crippen molar-refractivity contribution < 1.29 is 61.8 Å². The Balaban J connectivity index is 0.769. The molecule has 2 N–H and O–H groups in total. The maximum atomic E-state index is 13.9. The Hall–Kier alpha value is -9.06. The van der Waals surface area contributed by atoms with Gasteiger partial charge in [-0.3, -0.25) is 24.0 Å². The first-order valence-corrected chi connectivity index (χ1v) is 30.9. The molecule has 1 spiro atoms. The van der Waals surface area contributed by atoms with Crippen molar-refractivity contribution in [3.8, 4) is 34.6 Å². The Bertz CT molecular complexity index is 3770. The zero-order chi connectivity index (χ0) is 65.3. The Morgan fingerprint density at radius 3 is 2.26 bits per heavy atom. The summed E-state index contributed by atoms with van der Waals surface area (Å²) in [7, 11) is 9.29. The maximum absolute atomic E-state index is 13.9. The molecule has 2 fully saturated rings. The molecule has 4 atom stereocenters. The SMILES string of the molecule is CC[C@H]1O[C@@H](n2cc(C#CCNC(=O)c3ccc4c(c3)C3(OC4=O)c4ccc(N(C)C)cc4Oc4cc(N(C)C)ccc43)c(=O)[nH]c2=O)CC1OC(=O)OCCN(Cc1ccc(-c2cn(COCCOCCOC)nn2)cc1)CC1CCCCN1C(=O)OC(C)(C)C. The summed E-state index contributed by atoms with van der Waals surface area (Å²) < 4.78 is 55.5. The van der Waals surface area contributed by atoms with E-state index in [0.717, 1.165) is 41.8 Å². The molecular formula is C67H80N10O15. The molecule has 488 valence electrons. The number of hydrogen-bond donors (Lipinski definition) is 2. The van der Waals surface area contributed by atoms with Gasteiger partial charge in [-0.2, -0.15) is 0 Å². The summed E-state index contributed by atoms with van der Waals surface area (Å²) >= 11 is 0. The van der Waals surface area contributed by atoms with Gasteiger partial charge in [0.1, 0.15) is 54.0 Å². The van der Waals surface area contributed by atoms with E-state index in [1.54, 1.807) is 28.8 Å². The molecule has 2 aromatic heterocycles. The predicted molar refractivity (Wildman–Crippen MR) is 339 cm³/mol. The van der Waals surface area contributed by atoms with Crippen LogP contribution in [-0.2, 0) is 56.8 Å². The van der Waals surface area contributed by atoms with Gasteiger partial charge in [0, 0.05) is 131 Å². The van der Waals surface area contributed by atoms with Crippen molar-refractivity contribution in [2.24, 2.45) is 0 Å². The van der Waals surface area contributed by atoms with Crippen LogP contribution >= 0.6 is 0 Å². The molecule has 25 nitrogen and oxygen atoms in total. The number of H-pyrrole nitrogens is 1. The van der Waals surface area contributed by atoms with Crippen LogP contribution in [-0.4, -0.2) is 177 Å². The molecule has 0 radical (unpaired) electrons. The lowest BCUT2D eigenvalue weighted by Gasteiger charge is -2.39. The highest BCUT2D eigenvalue weighted by Crippen LogP contribution is 2.57. The topological polar surface area (TPSA) is 262 Å². The average molecular weight is 1270 g/mol. The van der Waals surface area contributed by atoms with E-state index in [1.807, 2.05) is 133 Å². The average Bonchev–Trinajstić information content (AvgIpc) is 1.51. The van der Waals surface area contributed by atoms with Gasteiger partial charge in [-0.25, -0.2) is 23.9 Å². The Morgan fingerprint density at radius 2 is 1.57 bits per heavy atom. The number of methoxy groups -OCH3 is 1. The van der Waals surface area contributed by atoms with Gasteiger partial charge in [0.25, 0.3) is 11.5 Å². The van der Waals surface area contributed by atoms with Crippen LogP contribution in [0.15, 0.2) is 101 Å². The fourth-order valence-corrected chi connectivity index (χ4v) is 11.7. The first-order valence-electron chi connectivity index (χ1n) is 30.9.